The van der Waals surface area contributed by atoms with Crippen LogP contribution in [0.1, 0.15) is 35.6 Å². The lowest BCUT2D eigenvalue weighted by molar-refractivity contribution is -0.142. The summed E-state index contributed by atoms with van der Waals surface area (Å²) in [5.74, 6) is 0.242. The molecule has 0 fully saturated rings. The molecule has 3 aromatic carbocycles. The lowest BCUT2D eigenvalue weighted by Gasteiger charge is -2.31. The average molecular weight is 537 g/mol. The lowest BCUT2D eigenvalue weighted by Crippen LogP contribution is -2.51. The number of ether oxygens (including phenoxy) is 1. The number of nitrogens with one attached hydrogen (secondary N) is 1. The number of amides is 2. The summed E-state index contributed by atoms with van der Waals surface area (Å²) in [5.41, 5.74) is 4.19. The van der Waals surface area contributed by atoms with Crippen LogP contribution in [-0.2, 0) is 22.6 Å². The highest BCUT2D eigenvalue weighted by atomic mass is 79.9. The van der Waals surface area contributed by atoms with Crippen LogP contribution in [0, 0.1) is 13.8 Å². The largest absolute Gasteiger partial charge is 0.484 e. The molecule has 0 aromatic heterocycles. The van der Waals surface area contributed by atoms with Crippen molar-refractivity contribution in [2.24, 2.45) is 0 Å². The Balaban J connectivity index is 1.88. The molecule has 2 amide bonds. The van der Waals surface area contributed by atoms with Gasteiger partial charge in [0.15, 0.2) is 6.61 Å². The van der Waals surface area contributed by atoms with Gasteiger partial charge in [0.1, 0.15) is 11.8 Å². The summed E-state index contributed by atoms with van der Waals surface area (Å²) in [6.07, 6.45) is 1.24. The van der Waals surface area contributed by atoms with E-state index in [-0.39, 0.29) is 18.4 Å². The van der Waals surface area contributed by atoms with Crippen molar-refractivity contribution in [3.05, 3.63) is 99.5 Å². The minimum Gasteiger partial charge on any atom is -0.484 e. The maximum atomic E-state index is 13.6. The van der Waals surface area contributed by atoms with Crippen LogP contribution in [-0.4, -0.2) is 35.9 Å². The second-order valence-electron chi connectivity index (χ2n) is 8.68. The Kier molecular flexibility index (Phi) is 9.91. The highest BCUT2D eigenvalue weighted by Gasteiger charge is 2.30. The van der Waals surface area contributed by atoms with Crippen molar-refractivity contribution in [3.63, 3.8) is 0 Å². The Hall–Kier alpha value is -3.12. The first-order valence-electron chi connectivity index (χ1n) is 11.9. The molecule has 0 heterocycles. The number of aryl methyl sites for hydroxylation is 2. The summed E-state index contributed by atoms with van der Waals surface area (Å²) in [6, 6.07) is 22.7. The molecule has 0 bridgehead atoms. The van der Waals surface area contributed by atoms with E-state index < -0.39 is 6.04 Å². The summed E-state index contributed by atoms with van der Waals surface area (Å²) in [4.78, 5) is 28.5. The highest BCUT2D eigenvalue weighted by Crippen LogP contribution is 2.19. The smallest absolute Gasteiger partial charge is 0.261 e. The van der Waals surface area contributed by atoms with Crippen LogP contribution in [0.4, 0.5) is 0 Å². The SMILES string of the molecule is CCCNC(=O)C(Cc1ccccc1)N(Cc1ccc(Br)cc1)C(=O)COc1ccc(C)c(C)c1. The van der Waals surface area contributed by atoms with E-state index in [2.05, 4.69) is 21.2 Å². The molecule has 0 saturated heterocycles. The van der Waals surface area contributed by atoms with Gasteiger partial charge in [0.25, 0.3) is 5.91 Å². The molecule has 3 aromatic rings. The predicted molar refractivity (Wildman–Crippen MR) is 143 cm³/mol. The van der Waals surface area contributed by atoms with Crippen molar-refractivity contribution < 1.29 is 14.3 Å². The Bertz CT molecular complexity index is 1120. The average Bonchev–Trinajstić information content (AvgIpc) is 2.87. The highest BCUT2D eigenvalue weighted by molar-refractivity contribution is 9.10. The first-order chi connectivity index (χ1) is 16.9. The van der Waals surface area contributed by atoms with Crippen LogP contribution in [0.25, 0.3) is 0 Å². The summed E-state index contributed by atoms with van der Waals surface area (Å²) in [7, 11) is 0. The molecule has 0 radical (unpaired) electrons. The van der Waals surface area contributed by atoms with E-state index in [0.29, 0.717) is 25.3 Å². The monoisotopic (exact) mass is 536 g/mol. The van der Waals surface area contributed by atoms with Gasteiger partial charge in [0.2, 0.25) is 5.91 Å². The van der Waals surface area contributed by atoms with Gasteiger partial charge < -0.3 is 15.0 Å². The molecular weight excluding hydrogens is 504 g/mol. The zero-order valence-corrected chi connectivity index (χ0v) is 22.2. The summed E-state index contributed by atoms with van der Waals surface area (Å²) >= 11 is 3.46. The normalized spacial score (nSPS) is 11.5. The summed E-state index contributed by atoms with van der Waals surface area (Å²) in [6.45, 7) is 6.77. The molecule has 35 heavy (non-hydrogen) atoms. The molecular formula is C29H33BrN2O3. The molecule has 0 aliphatic carbocycles. The van der Waals surface area contributed by atoms with E-state index in [1.165, 1.54) is 0 Å². The molecule has 3 rings (SSSR count). The van der Waals surface area contributed by atoms with E-state index in [0.717, 1.165) is 33.1 Å². The third kappa shape index (κ3) is 7.96. The van der Waals surface area contributed by atoms with Gasteiger partial charge in [0.05, 0.1) is 0 Å². The van der Waals surface area contributed by atoms with Crippen molar-refractivity contribution in [1.29, 1.82) is 0 Å². The van der Waals surface area contributed by atoms with Crippen LogP contribution in [0.2, 0.25) is 0 Å². The number of benzene rings is 3. The van der Waals surface area contributed by atoms with Crippen molar-refractivity contribution in [3.8, 4) is 5.75 Å². The van der Waals surface area contributed by atoms with Gasteiger partial charge in [-0.15, -0.1) is 0 Å². The molecule has 184 valence electrons. The van der Waals surface area contributed by atoms with Crippen molar-refractivity contribution >= 4 is 27.7 Å². The van der Waals surface area contributed by atoms with Crippen LogP contribution < -0.4 is 10.1 Å². The Labute approximate surface area is 216 Å². The van der Waals surface area contributed by atoms with E-state index in [9.17, 15) is 9.59 Å². The molecule has 0 aliphatic heterocycles. The summed E-state index contributed by atoms with van der Waals surface area (Å²) < 4.78 is 6.83. The fraction of sp³-hybridized carbons (Fsp3) is 0.310. The van der Waals surface area contributed by atoms with Crippen LogP contribution >= 0.6 is 15.9 Å². The number of hydrogen-bond acceptors (Lipinski definition) is 3. The molecule has 0 aliphatic rings. The standard InChI is InChI=1S/C29H33BrN2O3/c1-4-16-31-29(34)27(18-23-8-6-5-7-9-23)32(19-24-11-13-25(30)14-12-24)28(33)20-35-26-15-10-21(2)22(3)17-26/h5-15,17,27H,4,16,18-20H2,1-3H3,(H,31,34). The van der Waals surface area contributed by atoms with E-state index in [1.54, 1.807) is 4.90 Å². The van der Waals surface area contributed by atoms with E-state index in [1.807, 2.05) is 93.6 Å². The van der Waals surface area contributed by atoms with Gasteiger partial charge in [-0.1, -0.05) is 71.4 Å². The Morgan fingerprint density at radius 1 is 0.943 bits per heavy atom. The second-order valence-corrected chi connectivity index (χ2v) is 9.60. The Morgan fingerprint density at radius 3 is 2.31 bits per heavy atom. The second kappa shape index (κ2) is 13.1. The van der Waals surface area contributed by atoms with Gasteiger partial charge in [-0.2, -0.15) is 0 Å². The molecule has 1 unspecified atom stereocenters. The van der Waals surface area contributed by atoms with Gasteiger partial charge in [-0.3, -0.25) is 9.59 Å². The minimum absolute atomic E-state index is 0.147. The van der Waals surface area contributed by atoms with Crippen molar-refractivity contribution in [1.82, 2.24) is 10.2 Å². The number of nitrogens with zero attached hydrogens (tertiary/aromatic N) is 1. The summed E-state index contributed by atoms with van der Waals surface area (Å²) in [5, 5.41) is 2.99. The third-order valence-corrected chi connectivity index (χ3v) is 6.46. The number of hydrogen-bond donors (Lipinski definition) is 1. The van der Waals surface area contributed by atoms with E-state index >= 15 is 0 Å². The minimum atomic E-state index is -0.663. The fourth-order valence-corrected chi connectivity index (χ4v) is 4.00. The fourth-order valence-electron chi connectivity index (χ4n) is 3.74. The van der Waals surface area contributed by atoms with Gasteiger partial charge in [0, 0.05) is 24.0 Å². The van der Waals surface area contributed by atoms with Crippen LogP contribution in [0.15, 0.2) is 77.3 Å². The lowest BCUT2D eigenvalue weighted by atomic mass is 10.0. The first kappa shape index (κ1) is 26.5. The molecule has 1 atom stereocenters. The predicted octanol–water partition coefficient (Wildman–Crippen LogP) is 5.61. The molecule has 5 nitrogen and oxygen atoms in total. The van der Waals surface area contributed by atoms with Gasteiger partial charge >= 0.3 is 0 Å². The van der Waals surface area contributed by atoms with Gasteiger partial charge in [-0.25, -0.2) is 0 Å². The van der Waals surface area contributed by atoms with Crippen LogP contribution in [0.3, 0.4) is 0 Å². The van der Waals surface area contributed by atoms with E-state index in [4.69, 9.17) is 4.74 Å². The molecule has 1 N–H and O–H groups in total. The topological polar surface area (TPSA) is 58.6 Å². The van der Waals surface area contributed by atoms with Crippen LogP contribution in [0.5, 0.6) is 5.75 Å². The Morgan fingerprint density at radius 2 is 1.66 bits per heavy atom. The molecule has 6 heteroatoms. The maximum Gasteiger partial charge on any atom is 0.261 e. The maximum absolute atomic E-state index is 13.6. The van der Waals surface area contributed by atoms with Crippen molar-refractivity contribution in [2.75, 3.05) is 13.2 Å². The number of carbonyl (C=O) groups is 2. The van der Waals surface area contributed by atoms with Crippen molar-refractivity contribution in [2.45, 2.75) is 46.2 Å². The quantitative estimate of drug-likeness (QED) is 0.346. The molecule has 0 spiro atoms. The first-order valence-corrected chi connectivity index (χ1v) is 12.7. The van der Waals surface area contributed by atoms with Gasteiger partial charge in [-0.05, 0) is 66.8 Å². The molecule has 0 saturated carbocycles. The zero-order valence-electron chi connectivity index (χ0n) is 20.6. The number of halogens is 1. The zero-order chi connectivity index (χ0) is 25.2. The number of rotatable bonds is 11. The number of carbonyl (C=O) groups excluding carboxylic acids is 2. The third-order valence-electron chi connectivity index (χ3n) is 5.93.